The minimum Gasteiger partial charge on any atom is -0.457 e. The van der Waals surface area contributed by atoms with Gasteiger partial charge in [0.1, 0.15) is 17.3 Å². The van der Waals surface area contributed by atoms with Crippen molar-refractivity contribution in [1.82, 2.24) is 10.3 Å². The summed E-state index contributed by atoms with van der Waals surface area (Å²) < 4.78 is 6.05. The number of piperidine rings is 1. The number of carbonyl (C=O) groups is 2. The summed E-state index contributed by atoms with van der Waals surface area (Å²) in [6.45, 7) is 6.77. The number of aliphatic imine (C=N–C) groups is 1. The highest BCUT2D eigenvalue weighted by molar-refractivity contribution is 7.19. The Morgan fingerprint density at radius 1 is 0.979 bits per heavy atom. The van der Waals surface area contributed by atoms with Crippen LogP contribution in [0.2, 0.25) is 0 Å². The van der Waals surface area contributed by atoms with Gasteiger partial charge in [0.05, 0.1) is 10.6 Å². The molecular formula is C37H44N6O3S. The predicted octanol–water partition coefficient (Wildman–Crippen LogP) is 8.84. The van der Waals surface area contributed by atoms with Crippen LogP contribution in [0, 0.1) is 5.41 Å². The van der Waals surface area contributed by atoms with E-state index in [9.17, 15) is 9.59 Å². The number of thiazole rings is 1. The second-order valence-electron chi connectivity index (χ2n) is 12.9. The summed E-state index contributed by atoms with van der Waals surface area (Å²) in [6, 6.07) is 20.7. The Morgan fingerprint density at radius 2 is 1.70 bits per heavy atom. The SMILES string of the molecule is CC(C)(C)/C(N)=C/C(=Nc1ccc2c(c1)CCC2)NC(=O)Nc1ccc(Oc2ccc(-c3cnc(N4CCCCC4=O)s3)cc2)cc1.[HH].[HH]. The van der Waals surface area contributed by atoms with Crippen LogP contribution in [0.5, 0.6) is 11.5 Å². The van der Waals surface area contributed by atoms with Gasteiger partial charge in [0.25, 0.3) is 0 Å². The molecule has 1 fully saturated rings. The Morgan fingerprint density at radius 3 is 2.43 bits per heavy atom. The van der Waals surface area contributed by atoms with Crippen LogP contribution in [0.3, 0.4) is 0 Å². The third-order valence-electron chi connectivity index (χ3n) is 8.27. The minimum atomic E-state index is -0.428. The van der Waals surface area contributed by atoms with Gasteiger partial charge in [-0.15, -0.1) is 0 Å². The van der Waals surface area contributed by atoms with Gasteiger partial charge < -0.3 is 15.8 Å². The van der Waals surface area contributed by atoms with E-state index in [-0.39, 0.29) is 14.2 Å². The maximum Gasteiger partial charge on any atom is 0.324 e. The molecule has 2 aliphatic rings. The Hall–Kier alpha value is -4.96. The summed E-state index contributed by atoms with van der Waals surface area (Å²) in [7, 11) is 0. The number of aryl methyl sites for hydroxylation is 2. The number of rotatable bonds is 7. The summed E-state index contributed by atoms with van der Waals surface area (Å²) in [5, 5.41) is 6.49. The second-order valence-corrected chi connectivity index (χ2v) is 13.9. The Bertz CT molecular complexity index is 1830. The molecule has 1 aromatic heterocycles. The summed E-state index contributed by atoms with van der Waals surface area (Å²) >= 11 is 1.52. The number of fused-ring (bicyclic) bond motifs is 1. The third-order valence-corrected chi connectivity index (χ3v) is 9.34. The molecule has 3 aromatic carbocycles. The van der Waals surface area contributed by atoms with Crippen LogP contribution in [0.15, 0.2) is 89.7 Å². The smallest absolute Gasteiger partial charge is 0.324 e. The summed E-state index contributed by atoms with van der Waals surface area (Å²) in [5.41, 5.74) is 11.7. The van der Waals surface area contributed by atoms with E-state index in [2.05, 4.69) is 27.8 Å². The molecule has 47 heavy (non-hydrogen) atoms. The molecule has 1 saturated heterocycles. The van der Waals surface area contributed by atoms with Gasteiger partial charge in [0, 0.05) is 44.9 Å². The second kappa shape index (κ2) is 13.8. The largest absolute Gasteiger partial charge is 0.457 e. The topological polar surface area (TPSA) is 122 Å². The first-order chi connectivity index (χ1) is 22.6. The van der Waals surface area contributed by atoms with Crippen LogP contribution < -0.4 is 26.0 Å². The van der Waals surface area contributed by atoms with Crippen LogP contribution in [0.25, 0.3) is 10.4 Å². The highest BCUT2D eigenvalue weighted by Crippen LogP contribution is 2.34. The Kier molecular flexibility index (Phi) is 9.40. The van der Waals surface area contributed by atoms with Gasteiger partial charge in [-0.3, -0.25) is 15.0 Å². The van der Waals surface area contributed by atoms with Crippen molar-refractivity contribution >= 4 is 45.6 Å². The number of allylic oxidation sites excluding steroid dienone is 1. The van der Waals surface area contributed by atoms with Gasteiger partial charge >= 0.3 is 6.03 Å². The number of carbonyl (C=O) groups excluding carboxylic acids is 2. The van der Waals surface area contributed by atoms with Gasteiger partial charge in [-0.1, -0.05) is 38.2 Å². The van der Waals surface area contributed by atoms with E-state index in [1.165, 1.54) is 22.5 Å². The number of benzene rings is 3. The lowest BCUT2D eigenvalue weighted by Crippen LogP contribution is -2.34. The number of ether oxygens (including phenoxy) is 1. The van der Waals surface area contributed by atoms with Crippen molar-refractivity contribution in [3.63, 3.8) is 0 Å². The average molecular weight is 653 g/mol. The fraction of sp³-hybridized carbons (Fsp3) is 0.297. The van der Waals surface area contributed by atoms with Crippen LogP contribution in [0.1, 0.15) is 60.4 Å². The number of nitrogens with zero attached hydrogens (tertiary/aromatic N) is 3. The van der Waals surface area contributed by atoms with Crippen molar-refractivity contribution in [2.75, 3.05) is 16.8 Å². The number of nitrogens with two attached hydrogens (primary N) is 1. The molecule has 3 amide bonds. The lowest BCUT2D eigenvalue weighted by Gasteiger charge is -2.23. The van der Waals surface area contributed by atoms with Crippen molar-refractivity contribution < 1.29 is 17.2 Å². The summed E-state index contributed by atoms with van der Waals surface area (Å²) in [4.78, 5) is 37.3. The molecule has 4 aromatic rings. The van der Waals surface area contributed by atoms with E-state index in [1.54, 1.807) is 35.2 Å². The van der Waals surface area contributed by atoms with Crippen LogP contribution in [-0.2, 0) is 17.6 Å². The van der Waals surface area contributed by atoms with Gasteiger partial charge in [-0.05, 0) is 109 Å². The summed E-state index contributed by atoms with van der Waals surface area (Å²) in [6.07, 6.45) is 9.37. The molecule has 4 N–H and O–H groups in total. The van der Waals surface area contributed by atoms with Crippen molar-refractivity contribution in [3.8, 4) is 21.9 Å². The van der Waals surface area contributed by atoms with Gasteiger partial charge in [-0.25, -0.2) is 14.8 Å². The fourth-order valence-electron chi connectivity index (χ4n) is 5.47. The number of anilines is 2. The van der Waals surface area contributed by atoms with Gasteiger partial charge in [-0.2, -0.15) is 0 Å². The Balaban J connectivity index is 0.00000270. The molecule has 0 saturated carbocycles. The number of aromatic nitrogens is 1. The minimum absolute atomic E-state index is 0. The summed E-state index contributed by atoms with van der Waals surface area (Å²) in [5.74, 6) is 1.82. The molecule has 0 unspecified atom stereocenters. The predicted molar refractivity (Wildman–Crippen MR) is 194 cm³/mol. The molecule has 0 spiro atoms. The van der Waals surface area contributed by atoms with Crippen molar-refractivity contribution in [2.45, 2.75) is 59.3 Å². The van der Waals surface area contributed by atoms with E-state index in [0.717, 1.165) is 59.9 Å². The molecule has 0 radical (unpaired) electrons. The molecule has 10 heteroatoms. The van der Waals surface area contributed by atoms with E-state index < -0.39 is 6.03 Å². The van der Waals surface area contributed by atoms with E-state index in [0.29, 0.717) is 35.1 Å². The monoisotopic (exact) mass is 652 g/mol. The number of amides is 3. The molecule has 0 atom stereocenters. The zero-order chi connectivity index (χ0) is 33.0. The lowest BCUT2D eigenvalue weighted by molar-refractivity contribution is -0.119. The molecule has 9 nitrogen and oxygen atoms in total. The molecular weight excluding hydrogens is 609 g/mol. The van der Waals surface area contributed by atoms with Crippen LogP contribution in [0.4, 0.5) is 21.3 Å². The first kappa shape index (κ1) is 32.0. The van der Waals surface area contributed by atoms with Crippen molar-refractivity contribution in [2.24, 2.45) is 16.1 Å². The van der Waals surface area contributed by atoms with Crippen LogP contribution in [-0.4, -0.2) is 29.3 Å². The zero-order valence-electron chi connectivity index (χ0n) is 27.0. The maximum atomic E-state index is 13.0. The lowest BCUT2D eigenvalue weighted by atomic mass is 9.92. The van der Waals surface area contributed by atoms with Gasteiger partial charge in [0.2, 0.25) is 5.91 Å². The number of hydrogen-bond donors (Lipinski definition) is 3. The molecule has 0 bridgehead atoms. The molecule has 6 rings (SSSR count). The number of hydrogen-bond acceptors (Lipinski definition) is 7. The standard InChI is InChI=1S/C37H40N6O3S.2H2/c1-37(2,3)32(38)22-33(40-28-13-10-24-7-6-8-26(24)21-28)42-35(45)41-27-14-18-30(19-15-27)46-29-16-11-25(12-17-29)31-23-39-36(47-31)43-20-5-4-9-34(43)44;;/h10-19,21-23H,4-9,20,38H2,1-3H3,(H2,40,41,42,45);2*1H/b32-22-;;. The third kappa shape index (κ3) is 8.07. The maximum absolute atomic E-state index is 13.0. The molecule has 1 aliphatic carbocycles. The average Bonchev–Trinajstić information content (AvgIpc) is 3.72. The zero-order valence-corrected chi connectivity index (χ0v) is 27.8. The van der Waals surface area contributed by atoms with E-state index in [1.807, 2.05) is 57.3 Å². The van der Waals surface area contributed by atoms with Crippen LogP contribution >= 0.6 is 11.3 Å². The highest BCUT2D eigenvalue weighted by Gasteiger charge is 2.22. The van der Waals surface area contributed by atoms with E-state index >= 15 is 0 Å². The van der Waals surface area contributed by atoms with Crippen molar-refractivity contribution in [1.29, 1.82) is 0 Å². The first-order valence-corrected chi connectivity index (χ1v) is 16.8. The molecule has 2 heterocycles. The fourth-order valence-corrected chi connectivity index (χ4v) is 6.43. The normalized spacial score (nSPS) is 15.4. The van der Waals surface area contributed by atoms with Gasteiger partial charge in [0.15, 0.2) is 5.13 Å². The van der Waals surface area contributed by atoms with E-state index in [4.69, 9.17) is 15.5 Å². The number of nitrogens with one attached hydrogen (secondary N) is 2. The number of urea groups is 1. The molecule has 1 aliphatic heterocycles. The van der Waals surface area contributed by atoms with Crippen molar-refractivity contribution in [3.05, 3.63) is 95.8 Å². The first-order valence-electron chi connectivity index (χ1n) is 16.0. The highest BCUT2D eigenvalue weighted by atomic mass is 32.1. The number of amidine groups is 1. The molecule has 246 valence electrons. The Labute approximate surface area is 282 Å². The quantitative estimate of drug-likeness (QED) is 0.136.